The molecule has 1 aliphatic heterocycles. The lowest BCUT2D eigenvalue weighted by atomic mass is 10.00. The van der Waals surface area contributed by atoms with E-state index in [4.69, 9.17) is 0 Å². The van der Waals surface area contributed by atoms with Crippen LogP contribution in [0.1, 0.15) is 45.6 Å². The molecule has 1 aromatic carbocycles. The molecule has 0 saturated carbocycles. The highest BCUT2D eigenvalue weighted by Crippen LogP contribution is 2.36. The van der Waals surface area contributed by atoms with Gasteiger partial charge in [0.15, 0.2) is 5.13 Å². The predicted molar refractivity (Wildman–Crippen MR) is 110 cm³/mol. The van der Waals surface area contributed by atoms with Gasteiger partial charge in [-0.3, -0.25) is 14.4 Å². The van der Waals surface area contributed by atoms with Gasteiger partial charge in [0, 0.05) is 23.6 Å². The lowest BCUT2D eigenvalue weighted by Gasteiger charge is -2.18. The maximum absolute atomic E-state index is 12.6. The summed E-state index contributed by atoms with van der Waals surface area (Å²) < 4.78 is 0. The zero-order chi connectivity index (χ0) is 20.4. The Kier molecular flexibility index (Phi) is 5.79. The average molecular weight is 401 g/mol. The van der Waals surface area contributed by atoms with Gasteiger partial charge in [0.25, 0.3) is 0 Å². The van der Waals surface area contributed by atoms with E-state index in [1.54, 1.807) is 0 Å². The summed E-state index contributed by atoms with van der Waals surface area (Å²) in [6.07, 6.45) is 0.549. The Hall–Kier alpha value is -2.74. The molecule has 0 fully saturated rings. The minimum atomic E-state index is -0.595. The maximum atomic E-state index is 12.6. The fourth-order valence-corrected chi connectivity index (χ4v) is 3.90. The van der Waals surface area contributed by atoms with Gasteiger partial charge >= 0.3 is 0 Å². The fraction of sp³-hybridized carbons (Fsp3) is 0.400. The number of rotatable bonds is 6. The van der Waals surface area contributed by atoms with E-state index in [2.05, 4.69) is 20.9 Å². The van der Waals surface area contributed by atoms with Crippen molar-refractivity contribution in [2.45, 2.75) is 46.1 Å². The number of carbonyl (C=O) groups is 3. The van der Waals surface area contributed by atoms with Gasteiger partial charge < -0.3 is 16.0 Å². The summed E-state index contributed by atoms with van der Waals surface area (Å²) in [6, 6.07) is 5.13. The first-order valence-electron chi connectivity index (χ1n) is 9.23. The number of nitrogens with zero attached hydrogens (tertiary/aromatic N) is 1. The number of hydrogen-bond acceptors (Lipinski definition) is 5. The van der Waals surface area contributed by atoms with Gasteiger partial charge in [0.2, 0.25) is 17.7 Å². The molecule has 2 heterocycles. The summed E-state index contributed by atoms with van der Waals surface area (Å²) in [4.78, 5) is 40.3. The Labute approximate surface area is 167 Å². The molecular weight excluding hydrogens is 376 g/mol. The van der Waals surface area contributed by atoms with Crippen LogP contribution in [-0.4, -0.2) is 28.7 Å². The summed E-state index contributed by atoms with van der Waals surface area (Å²) in [5, 5.41) is 10.7. The van der Waals surface area contributed by atoms with Crippen LogP contribution in [0, 0.1) is 5.92 Å². The van der Waals surface area contributed by atoms with Crippen LogP contribution in [0.5, 0.6) is 0 Å². The molecule has 1 aromatic heterocycles. The van der Waals surface area contributed by atoms with E-state index in [0.29, 0.717) is 11.6 Å². The number of hydrogen-bond donors (Lipinski definition) is 3. The molecule has 3 N–H and O–H groups in total. The molecule has 3 amide bonds. The van der Waals surface area contributed by atoms with Gasteiger partial charge in [-0.15, -0.1) is 11.3 Å². The number of aromatic nitrogens is 1. The summed E-state index contributed by atoms with van der Waals surface area (Å²) in [7, 11) is 0. The highest BCUT2D eigenvalue weighted by atomic mass is 32.1. The fourth-order valence-electron chi connectivity index (χ4n) is 3.18. The van der Waals surface area contributed by atoms with Crippen molar-refractivity contribution in [1.82, 2.24) is 10.3 Å². The predicted octanol–water partition coefficient (Wildman–Crippen LogP) is 3.36. The van der Waals surface area contributed by atoms with E-state index in [1.165, 1.54) is 18.3 Å². The molecule has 8 heteroatoms. The summed E-state index contributed by atoms with van der Waals surface area (Å²) in [6.45, 7) is 7.27. The quantitative estimate of drug-likeness (QED) is 0.692. The first-order valence-corrected chi connectivity index (χ1v) is 10.1. The molecule has 0 aliphatic carbocycles. The Morgan fingerprint density at radius 2 is 2.07 bits per heavy atom. The van der Waals surface area contributed by atoms with E-state index in [-0.39, 0.29) is 29.6 Å². The van der Waals surface area contributed by atoms with E-state index in [9.17, 15) is 14.4 Å². The molecule has 2 aromatic rings. The SMILES string of the molecule is CC(=O)N[C@H](CC(C)C)C(=O)Nc1nc(-c2ccc3c(c2)C(C)C(=O)N3)cs1. The highest BCUT2D eigenvalue weighted by Gasteiger charge is 2.27. The summed E-state index contributed by atoms with van der Waals surface area (Å²) in [5.41, 5.74) is 3.40. The van der Waals surface area contributed by atoms with Crippen molar-refractivity contribution in [2.75, 3.05) is 10.6 Å². The molecule has 1 aliphatic rings. The third kappa shape index (κ3) is 4.39. The van der Waals surface area contributed by atoms with Crippen molar-refractivity contribution in [3.8, 4) is 11.3 Å². The van der Waals surface area contributed by atoms with E-state index < -0.39 is 6.04 Å². The molecule has 28 heavy (non-hydrogen) atoms. The second-order valence-electron chi connectivity index (χ2n) is 7.42. The minimum Gasteiger partial charge on any atom is -0.345 e. The van der Waals surface area contributed by atoms with Gasteiger partial charge in [-0.25, -0.2) is 4.98 Å². The number of anilines is 2. The van der Waals surface area contributed by atoms with Crippen LogP contribution in [0.2, 0.25) is 0 Å². The van der Waals surface area contributed by atoms with Gasteiger partial charge in [-0.2, -0.15) is 0 Å². The Morgan fingerprint density at radius 3 is 2.75 bits per heavy atom. The molecule has 0 bridgehead atoms. The Morgan fingerprint density at radius 1 is 1.32 bits per heavy atom. The van der Waals surface area contributed by atoms with Crippen molar-refractivity contribution in [2.24, 2.45) is 5.92 Å². The zero-order valence-corrected chi connectivity index (χ0v) is 17.1. The van der Waals surface area contributed by atoms with Crippen LogP contribution in [0.25, 0.3) is 11.3 Å². The molecule has 1 unspecified atom stereocenters. The normalized spacial score (nSPS) is 16.5. The third-order valence-electron chi connectivity index (χ3n) is 4.60. The van der Waals surface area contributed by atoms with Crippen molar-refractivity contribution in [3.63, 3.8) is 0 Å². The number of nitrogens with one attached hydrogen (secondary N) is 3. The monoisotopic (exact) mass is 400 g/mol. The van der Waals surface area contributed by atoms with Crippen LogP contribution in [0.3, 0.4) is 0 Å². The number of amides is 3. The van der Waals surface area contributed by atoms with Crippen LogP contribution in [-0.2, 0) is 14.4 Å². The van der Waals surface area contributed by atoms with Crippen LogP contribution in [0.15, 0.2) is 23.6 Å². The Balaban J connectivity index is 1.74. The molecule has 0 radical (unpaired) electrons. The largest absolute Gasteiger partial charge is 0.345 e. The molecule has 3 rings (SSSR count). The molecule has 148 valence electrons. The van der Waals surface area contributed by atoms with Crippen molar-refractivity contribution < 1.29 is 14.4 Å². The van der Waals surface area contributed by atoms with E-state index in [0.717, 1.165) is 22.5 Å². The lowest BCUT2D eigenvalue weighted by molar-refractivity contribution is -0.125. The highest BCUT2D eigenvalue weighted by molar-refractivity contribution is 7.14. The zero-order valence-electron chi connectivity index (χ0n) is 16.3. The average Bonchev–Trinajstić information content (AvgIpc) is 3.18. The van der Waals surface area contributed by atoms with Crippen LogP contribution in [0.4, 0.5) is 10.8 Å². The molecule has 0 spiro atoms. The number of thiazole rings is 1. The first-order chi connectivity index (χ1) is 13.2. The van der Waals surface area contributed by atoms with Gasteiger partial charge in [-0.1, -0.05) is 19.9 Å². The van der Waals surface area contributed by atoms with Gasteiger partial charge in [0.1, 0.15) is 6.04 Å². The molecule has 0 saturated heterocycles. The van der Waals surface area contributed by atoms with Crippen LogP contribution < -0.4 is 16.0 Å². The molecule has 2 atom stereocenters. The van der Waals surface area contributed by atoms with Gasteiger partial charge in [0.05, 0.1) is 11.6 Å². The summed E-state index contributed by atoms with van der Waals surface area (Å²) >= 11 is 1.32. The standard InChI is InChI=1S/C20H24N4O3S/c1-10(2)7-16(21-12(4)25)19(27)24-20-23-17(9-28-20)13-5-6-15-14(8-13)11(3)18(26)22-15/h5-6,8-11,16H,7H2,1-4H3,(H,21,25)(H,22,26)(H,23,24,27)/t11?,16-/m1/s1. The second-order valence-corrected chi connectivity index (χ2v) is 8.28. The van der Waals surface area contributed by atoms with Crippen molar-refractivity contribution >= 4 is 39.9 Å². The van der Waals surface area contributed by atoms with Crippen molar-refractivity contribution in [3.05, 3.63) is 29.1 Å². The maximum Gasteiger partial charge on any atom is 0.248 e. The third-order valence-corrected chi connectivity index (χ3v) is 5.36. The summed E-state index contributed by atoms with van der Waals surface area (Å²) in [5.74, 6) is -0.452. The topological polar surface area (TPSA) is 100 Å². The van der Waals surface area contributed by atoms with Crippen LogP contribution >= 0.6 is 11.3 Å². The lowest BCUT2D eigenvalue weighted by Crippen LogP contribution is -2.43. The second kappa shape index (κ2) is 8.10. The minimum absolute atomic E-state index is 0.00690. The Bertz CT molecular complexity index is 922. The number of carbonyl (C=O) groups excluding carboxylic acids is 3. The molecular formula is C20H24N4O3S. The van der Waals surface area contributed by atoms with E-state index >= 15 is 0 Å². The molecule has 7 nitrogen and oxygen atoms in total. The van der Waals surface area contributed by atoms with E-state index in [1.807, 2.05) is 44.4 Å². The number of fused-ring (bicyclic) bond motifs is 1. The van der Waals surface area contributed by atoms with Gasteiger partial charge in [-0.05, 0) is 37.0 Å². The smallest absolute Gasteiger partial charge is 0.248 e. The number of benzene rings is 1. The first kappa shape index (κ1) is 20.0. The van der Waals surface area contributed by atoms with Crippen molar-refractivity contribution in [1.29, 1.82) is 0 Å².